The van der Waals surface area contributed by atoms with Gasteiger partial charge in [0.25, 0.3) is 0 Å². The second-order valence-corrected chi connectivity index (χ2v) is 8.89. The summed E-state index contributed by atoms with van der Waals surface area (Å²) in [6.45, 7) is 4.04. The lowest BCUT2D eigenvalue weighted by Crippen LogP contribution is -2.44. The number of tetrazole rings is 1. The molecule has 1 unspecified atom stereocenters. The molecule has 0 spiro atoms. The maximum atomic E-state index is 14.2. The van der Waals surface area contributed by atoms with Crippen LogP contribution in [0.2, 0.25) is 0 Å². The molecule has 1 aliphatic rings. The first-order chi connectivity index (χ1) is 13.3. The van der Waals surface area contributed by atoms with Gasteiger partial charge in [-0.05, 0) is 54.8 Å². The summed E-state index contributed by atoms with van der Waals surface area (Å²) in [4.78, 5) is 12.7. The highest BCUT2D eigenvalue weighted by molar-refractivity contribution is 7.89. The number of anilines is 1. The molecule has 11 heteroatoms. The van der Waals surface area contributed by atoms with Crippen LogP contribution in [-0.2, 0) is 14.8 Å². The smallest absolute Gasteiger partial charge is 0.228 e. The fraction of sp³-hybridized carbons (Fsp3) is 0.529. The van der Waals surface area contributed by atoms with Gasteiger partial charge in [0.15, 0.2) is 5.82 Å². The van der Waals surface area contributed by atoms with Gasteiger partial charge in [0.2, 0.25) is 15.9 Å². The summed E-state index contributed by atoms with van der Waals surface area (Å²) in [5.41, 5.74) is 0.515. The lowest BCUT2D eigenvalue weighted by molar-refractivity contribution is -0.120. The third-order valence-corrected chi connectivity index (χ3v) is 6.72. The number of aromatic nitrogens is 4. The number of aryl methyl sites for hydroxylation is 1. The molecule has 1 fully saturated rings. The SMILES string of the molecule is CCCS(=O)(=O)N1CCCC(C(=O)Nc2ccc(F)c(-n3nnnc3C)c2)C1. The molecule has 2 heterocycles. The average molecular weight is 410 g/mol. The standard InChI is InChI=1S/C17H23FN6O3S/c1-3-9-28(26,27)23-8-4-5-13(11-23)17(25)19-14-6-7-15(18)16(10-14)24-12(2)20-21-22-24/h6-7,10,13H,3-5,8-9,11H2,1-2H3,(H,19,25). The Labute approximate surface area is 163 Å². The van der Waals surface area contributed by atoms with Crippen molar-refractivity contribution in [2.75, 3.05) is 24.2 Å². The molecule has 0 bridgehead atoms. The molecule has 1 saturated heterocycles. The number of piperidine rings is 1. The molecule has 1 aromatic heterocycles. The van der Waals surface area contributed by atoms with Crippen LogP contribution in [0.25, 0.3) is 5.69 Å². The van der Waals surface area contributed by atoms with Crippen molar-refractivity contribution in [3.63, 3.8) is 0 Å². The van der Waals surface area contributed by atoms with Gasteiger partial charge in [-0.1, -0.05) is 6.92 Å². The van der Waals surface area contributed by atoms with Crippen molar-refractivity contribution in [3.05, 3.63) is 29.8 Å². The molecule has 152 valence electrons. The number of benzene rings is 1. The molecule has 9 nitrogen and oxygen atoms in total. The molecule has 1 atom stereocenters. The summed E-state index contributed by atoms with van der Waals surface area (Å²) < 4.78 is 41.4. The summed E-state index contributed by atoms with van der Waals surface area (Å²) in [5, 5.41) is 13.7. The minimum atomic E-state index is -3.34. The predicted octanol–water partition coefficient (Wildman–Crippen LogP) is 1.50. The largest absolute Gasteiger partial charge is 0.326 e. The first-order valence-corrected chi connectivity index (χ1v) is 10.8. The molecule has 28 heavy (non-hydrogen) atoms. The van der Waals surface area contributed by atoms with Crippen LogP contribution in [-0.4, -0.2) is 57.7 Å². The van der Waals surface area contributed by atoms with Crippen LogP contribution in [0.4, 0.5) is 10.1 Å². The lowest BCUT2D eigenvalue weighted by Gasteiger charge is -2.31. The van der Waals surface area contributed by atoms with E-state index in [1.165, 1.54) is 27.2 Å². The number of amides is 1. The number of carbonyl (C=O) groups is 1. The van der Waals surface area contributed by atoms with Gasteiger partial charge in [0.1, 0.15) is 11.5 Å². The second-order valence-electron chi connectivity index (χ2n) is 6.81. The van der Waals surface area contributed by atoms with Crippen LogP contribution in [0, 0.1) is 18.7 Å². The maximum Gasteiger partial charge on any atom is 0.228 e. The fourth-order valence-corrected chi connectivity index (χ4v) is 4.84. The lowest BCUT2D eigenvalue weighted by atomic mass is 9.98. The Morgan fingerprint density at radius 3 is 2.86 bits per heavy atom. The van der Waals surface area contributed by atoms with Gasteiger partial charge in [-0.2, -0.15) is 4.68 Å². The summed E-state index contributed by atoms with van der Waals surface area (Å²) in [7, 11) is -3.34. The number of nitrogens with one attached hydrogen (secondary N) is 1. The molecule has 1 aliphatic heterocycles. The van der Waals surface area contributed by atoms with E-state index in [1.54, 1.807) is 6.92 Å². The van der Waals surface area contributed by atoms with E-state index in [2.05, 4.69) is 20.8 Å². The minimum Gasteiger partial charge on any atom is -0.326 e. The topological polar surface area (TPSA) is 110 Å². The Morgan fingerprint density at radius 1 is 1.39 bits per heavy atom. The highest BCUT2D eigenvalue weighted by atomic mass is 32.2. The number of hydrogen-bond acceptors (Lipinski definition) is 6. The van der Waals surface area contributed by atoms with Crippen molar-refractivity contribution < 1.29 is 17.6 Å². The summed E-state index contributed by atoms with van der Waals surface area (Å²) in [6.07, 6.45) is 1.76. The fourth-order valence-electron chi connectivity index (χ4n) is 3.25. The zero-order chi connectivity index (χ0) is 20.3. The Bertz CT molecular complexity index is 962. The molecule has 3 rings (SSSR count). The number of nitrogens with zero attached hydrogens (tertiary/aromatic N) is 5. The molecule has 0 aliphatic carbocycles. The third kappa shape index (κ3) is 4.36. The van der Waals surface area contributed by atoms with Gasteiger partial charge in [0, 0.05) is 18.8 Å². The molecule has 1 N–H and O–H groups in total. The molecule has 1 amide bonds. The first kappa shape index (κ1) is 20.3. The predicted molar refractivity (Wildman–Crippen MR) is 101 cm³/mol. The number of halogens is 1. The Kier molecular flexibility index (Phi) is 6.04. The maximum absolute atomic E-state index is 14.2. The normalized spacial score (nSPS) is 18.2. The highest BCUT2D eigenvalue weighted by Crippen LogP contribution is 2.23. The van der Waals surface area contributed by atoms with Crippen LogP contribution in [0.15, 0.2) is 18.2 Å². The van der Waals surface area contributed by atoms with Gasteiger partial charge < -0.3 is 5.32 Å². The Hall–Kier alpha value is -2.40. The van der Waals surface area contributed by atoms with Crippen LogP contribution in [0.1, 0.15) is 32.0 Å². The van der Waals surface area contributed by atoms with E-state index >= 15 is 0 Å². The second kappa shape index (κ2) is 8.31. The molecular weight excluding hydrogens is 387 g/mol. The van der Waals surface area contributed by atoms with Crippen molar-refractivity contribution >= 4 is 21.6 Å². The highest BCUT2D eigenvalue weighted by Gasteiger charge is 2.32. The zero-order valence-corrected chi connectivity index (χ0v) is 16.6. The summed E-state index contributed by atoms with van der Waals surface area (Å²) in [5.74, 6) is -0.783. The average Bonchev–Trinajstić information content (AvgIpc) is 3.09. The Balaban J connectivity index is 1.74. The summed E-state index contributed by atoms with van der Waals surface area (Å²) in [6, 6.07) is 4.13. The van der Waals surface area contributed by atoms with Gasteiger partial charge >= 0.3 is 0 Å². The van der Waals surface area contributed by atoms with Gasteiger partial charge in [-0.15, -0.1) is 5.10 Å². The third-order valence-electron chi connectivity index (χ3n) is 4.68. The molecule has 1 aromatic carbocycles. The van der Waals surface area contributed by atoms with E-state index in [9.17, 15) is 17.6 Å². The van der Waals surface area contributed by atoms with Crippen LogP contribution < -0.4 is 5.32 Å². The minimum absolute atomic E-state index is 0.0773. The number of hydrogen-bond donors (Lipinski definition) is 1. The summed E-state index contributed by atoms with van der Waals surface area (Å²) >= 11 is 0. The van der Waals surface area contributed by atoms with Gasteiger partial charge in [0.05, 0.1) is 11.7 Å². The van der Waals surface area contributed by atoms with Crippen molar-refractivity contribution in [1.29, 1.82) is 0 Å². The van der Waals surface area contributed by atoms with Crippen molar-refractivity contribution in [3.8, 4) is 5.69 Å². The quantitative estimate of drug-likeness (QED) is 0.773. The van der Waals surface area contributed by atoms with Crippen molar-refractivity contribution in [2.45, 2.75) is 33.1 Å². The molecule has 0 radical (unpaired) electrons. The number of carbonyl (C=O) groups excluding carboxylic acids is 1. The van der Waals surface area contributed by atoms with E-state index in [4.69, 9.17) is 0 Å². The van der Waals surface area contributed by atoms with Gasteiger partial charge in [-0.25, -0.2) is 17.1 Å². The Morgan fingerprint density at radius 2 is 2.18 bits per heavy atom. The van der Waals surface area contributed by atoms with Crippen LogP contribution in [0.3, 0.4) is 0 Å². The number of rotatable bonds is 6. The van der Waals surface area contributed by atoms with Crippen molar-refractivity contribution in [1.82, 2.24) is 24.5 Å². The monoisotopic (exact) mass is 410 g/mol. The van der Waals surface area contributed by atoms with E-state index in [0.29, 0.717) is 37.3 Å². The zero-order valence-electron chi connectivity index (χ0n) is 15.8. The van der Waals surface area contributed by atoms with Crippen LogP contribution in [0.5, 0.6) is 0 Å². The number of sulfonamides is 1. The van der Waals surface area contributed by atoms with E-state index in [0.717, 1.165) is 0 Å². The van der Waals surface area contributed by atoms with Gasteiger partial charge in [-0.3, -0.25) is 4.79 Å². The van der Waals surface area contributed by atoms with Crippen molar-refractivity contribution in [2.24, 2.45) is 5.92 Å². The molecular formula is C17H23FN6O3S. The molecule has 0 saturated carbocycles. The van der Waals surface area contributed by atoms with E-state index < -0.39 is 21.8 Å². The van der Waals surface area contributed by atoms with Crippen LogP contribution >= 0.6 is 0 Å². The molecule has 2 aromatic rings. The first-order valence-electron chi connectivity index (χ1n) is 9.15. The van der Waals surface area contributed by atoms with E-state index in [-0.39, 0.29) is 23.9 Å². The van der Waals surface area contributed by atoms with E-state index in [1.807, 2.05) is 6.92 Å².